The average molecular weight is 290 g/mol. The van der Waals surface area contributed by atoms with Crippen molar-refractivity contribution in [2.75, 3.05) is 18.5 Å². The molecule has 0 saturated heterocycles. The predicted octanol–water partition coefficient (Wildman–Crippen LogP) is 3.86. The zero-order chi connectivity index (χ0) is 15.2. The number of aryl methyl sites for hydroxylation is 1. The minimum atomic E-state index is -0.215. The van der Waals surface area contributed by atoms with Crippen molar-refractivity contribution >= 4 is 5.69 Å². The Labute approximate surface area is 125 Å². The molecule has 2 rings (SSSR count). The molecular formula is C17H23FN2O. The third-order valence-corrected chi connectivity index (χ3v) is 3.44. The van der Waals surface area contributed by atoms with Gasteiger partial charge in [-0.05, 0) is 43.7 Å². The van der Waals surface area contributed by atoms with Crippen LogP contribution in [0.2, 0.25) is 0 Å². The second-order valence-corrected chi connectivity index (χ2v) is 5.30. The summed E-state index contributed by atoms with van der Waals surface area (Å²) in [5.41, 5.74) is 1.72. The molecule has 0 bridgehead atoms. The van der Waals surface area contributed by atoms with Crippen LogP contribution in [0.4, 0.5) is 10.1 Å². The van der Waals surface area contributed by atoms with E-state index < -0.39 is 0 Å². The van der Waals surface area contributed by atoms with Gasteiger partial charge in [0.1, 0.15) is 17.3 Å². The number of para-hydroxylation sites is 1. The minimum Gasteiger partial charge on any atom is -0.463 e. The molecule has 4 heteroatoms. The molecule has 0 aliphatic heterocycles. The molecule has 1 aromatic heterocycles. The Morgan fingerprint density at radius 3 is 2.76 bits per heavy atom. The van der Waals surface area contributed by atoms with Crippen LogP contribution in [0.15, 0.2) is 34.7 Å². The van der Waals surface area contributed by atoms with E-state index in [1.165, 1.54) is 6.07 Å². The number of nitrogens with one attached hydrogen (secondary N) is 1. The first-order valence-electron chi connectivity index (χ1n) is 7.36. The van der Waals surface area contributed by atoms with Crippen LogP contribution in [0.25, 0.3) is 0 Å². The number of nitrogens with zero attached hydrogens (tertiary/aromatic N) is 1. The molecule has 0 spiro atoms. The minimum absolute atomic E-state index is 0.215. The Bertz CT molecular complexity index is 580. The van der Waals surface area contributed by atoms with Crippen molar-refractivity contribution in [2.45, 2.75) is 33.4 Å². The lowest BCUT2D eigenvalue weighted by Gasteiger charge is -2.18. The van der Waals surface area contributed by atoms with Gasteiger partial charge in [0, 0.05) is 7.05 Å². The molecule has 0 unspecified atom stereocenters. The van der Waals surface area contributed by atoms with Crippen LogP contribution in [-0.4, -0.2) is 13.6 Å². The lowest BCUT2D eigenvalue weighted by molar-refractivity contribution is 0.443. The Balaban J connectivity index is 2.03. The molecule has 21 heavy (non-hydrogen) atoms. The third kappa shape index (κ3) is 4.08. The fourth-order valence-corrected chi connectivity index (χ4v) is 2.30. The molecule has 0 radical (unpaired) electrons. The van der Waals surface area contributed by atoms with Gasteiger partial charge >= 0.3 is 0 Å². The summed E-state index contributed by atoms with van der Waals surface area (Å²) in [5.74, 6) is 1.60. The van der Waals surface area contributed by atoms with Gasteiger partial charge in [0.2, 0.25) is 0 Å². The fraction of sp³-hybridized carbons (Fsp3) is 0.412. The van der Waals surface area contributed by atoms with E-state index in [4.69, 9.17) is 4.42 Å². The van der Waals surface area contributed by atoms with Gasteiger partial charge in [0.05, 0.1) is 18.8 Å². The zero-order valence-corrected chi connectivity index (χ0v) is 12.9. The van der Waals surface area contributed by atoms with E-state index in [9.17, 15) is 4.39 Å². The summed E-state index contributed by atoms with van der Waals surface area (Å²) in [4.78, 5) is 1.86. The van der Waals surface area contributed by atoms with E-state index in [1.54, 1.807) is 12.1 Å². The summed E-state index contributed by atoms with van der Waals surface area (Å²) in [6.45, 7) is 6.44. The summed E-state index contributed by atoms with van der Waals surface area (Å²) in [6, 6.07) is 8.80. The molecule has 0 amide bonds. The Hall–Kier alpha value is -1.81. The van der Waals surface area contributed by atoms with Crippen molar-refractivity contribution < 1.29 is 8.81 Å². The maximum atomic E-state index is 13.8. The van der Waals surface area contributed by atoms with Crippen molar-refractivity contribution in [1.82, 2.24) is 5.32 Å². The lowest BCUT2D eigenvalue weighted by atomic mass is 10.2. The van der Waals surface area contributed by atoms with Gasteiger partial charge in [0.15, 0.2) is 0 Å². The van der Waals surface area contributed by atoms with Crippen LogP contribution in [0.1, 0.15) is 30.4 Å². The first kappa shape index (κ1) is 15.6. The normalized spacial score (nSPS) is 10.9. The SMILES string of the molecule is CCCNCc1oc(CN(C)c2ccccc2F)cc1C. The van der Waals surface area contributed by atoms with E-state index in [0.29, 0.717) is 12.2 Å². The van der Waals surface area contributed by atoms with Gasteiger partial charge in [-0.2, -0.15) is 0 Å². The highest BCUT2D eigenvalue weighted by Gasteiger charge is 2.12. The first-order valence-corrected chi connectivity index (χ1v) is 7.36. The summed E-state index contributed by atoms with van der Waals surface area (Å²) in [6.07, 6.45) is 1.10. The largest absolute Gasteiger partial charge is 0.463 e. The number of halogens is 1. The van der Waals surface area contributed by atoms with Crippen molar-refractivity contribution in [1.29, 1.82) is 0 Å². The maximum Gasteiger partial charge on any atom is 0.146 e. The van der Waals surface area contributed by atoms with Gasteiger partial charge < -0.3 is 14.6 Å². The molecule has 1 aromatic carbocycles. The third-order valence-electron chi connectivity index (χ3n) is 3.44. The number of anilines is 1. The number of rotatable bonds is 7. The summed E-state index contributed by atoms with van der Waals surface area (Å²) < 4.78 is 19.6. The Kier molecular flexibility index (Phi) is 5.39. The second-order valence-electron chi connectivity index (χ2n) is 5.30. The second kappa shape index (κ2) is 7.27. The van der Waals surface area contributed by atoms with E-state index in [0.717, 1.165) is 36.6 Å². The number of benzene rings is 1. The average Bonchev–Trinajstić information content (AvgIpc) is 2.79. The number of hydrogen-bond acceptors (Lipinski definition) is 3. The van der Waals surface area contributed by atoms with Crippen LogP contribution in [-0.2, 0) is 13.1 Å². The molecule has 2 aromatic rings. The Morgan fingerprint density at radius 1 is 1.29 bits per heavy atom. The van der Waals surface area contributed by atoms with Crippen LogP contribution in [0, 0.1) is 12.7 Å². The highest BCUT2D eigenvalue weighted by atomic mass is 19.1. The highest BCUT2D eigenvalue weighted by molar-refractivity contribution is 5.47. The van der Waals surface area contributed by atoms with E-state index in [2.05, 4.69) is 12.2 Å². The topological polar surface area (TPSA) is 28.4 Å². The van der Waals surface area contributed by atoms with Crippen LogP contribution >= 0.6 is 0 Å². The highest BCUT2D eigenvalue weighted by Crippen LogP contribution is 2.21. The molecule has 0 aliphatic rings. The molecular weight excluding hydrogens is 267 g/mol. The summed E-state index contributed by atoms with van der Waals surface area (Å²) in [7, 11) is 1.87. The summed E-state index contributed by atoms with van der Waals surface area (Å²) >= 11 is 0. The van der Waals surface area contributed by atoms with Crippen LogP contribution < -0.4 is 10.2 Å². The Morgan fingerprint density at radius 2 is 2.05 bits per heavy atom. The molecule has 0 saturated carbocycles. The number of hydrogen-bond donors (Lipinski definition) is 1. The van der Waals surface area contributed by atoms with E-state index in [-0.39, 0.29) is 5.82 Å². The molecule has 114 valence electrons. The predicted molar refractivity (Wildman–Crippen MR) is 83.9 cm³/mol. The van der Waals surface area contributed by atoms with E-state index >= 15 is 0 Å². The molecule has 1 heterocycles. The standard InChI is InChI=1S/C17H23FN2O/c1-4-9-19-11-17-13(2)10-14(21-17)12-20(3)16-8-6-5-7-15(16)18/h5-8,10,19H,4,9,11-12H2,1-3H3. The zero-order valence-electron chi connectivity index (χ0n) is 12.9. The number of furan rings is 1. The molecule has 0 aliphatic carbocycles. The van der Waals surface area contributed by atoms with Crippen LogP contribution in [0.5, 0.6) is 0 Å². The van der Waals surface area contributed by atoms with Gasteiger partial charge in [-0.15, -0.1) is 0 Å². The first-order chi connectivity index (χ1) is 10.1. The van der Waals surface area contributed by atoms with Crippen LogP contribution in [0.3, 0.4) is 0 Å². The van der Waals surface area contributed by atoms with Gasteiger partial charge in [-0.3, -0.25) is 0 Å². The quantitative estimate of drug-likeness (QED) is 0.785. The fourth-order valence-electron chi connectivity index (χ4n) is 2.30. The van der Waals surface area contributed by atoms with Crippen molar-refractivity contribution in [3.05, 3.63) is 53.2 Å². The van der Waals surface area contributed by atoms with Gasteiger partial charge in [-0.1, -0.05) is 19.1 Å². The van der Waals surface area contributed by atoms with Crippen molar-refractivity contribution in [3.63, 3.8) is 0 Å². The van der Waals surface area contributed by atoms with Gasteiger partial charge in [-0.25, -0.2) is 4.39 Å². The van der Waals surface area contributed by atoms with Crippen molar-refractivity contribution in [3.8, 4) is 0 Å². The summed E-state index contributed by atoms with van der Waals surface area (Å²) in [5, 5.41) is 3.33. The maximum absolute atomic E-state index is 13.8. The smallest absolute Gasteiger partial charge is 0.146 e. The lowest BCUT2D eigenvalue weighted by Crippen LogP contribution is -2.17. The molecule has 0 fully saturated rings. The van der Waals surface area contributed by atoms with Crippen molar-refractivity contribution in [2.24, 2.45) is 0 Å². The van der Waals surface area contributed by atoms with E-state index in [1.807, 2.05) is 31.0 Å². The van der Waals surface area contributed by atoms with Gasteiger partial charge in [0.25, 0.3) is 0 Å². The molecule has 0 atom stereocenters. The molecule has 1 N–H and O–H groups in total. The molecule has 3 nitrogen and oxygen atoms in total. The monoisotopic (exact) mass is 290 g/mol.